The second-order valence-corrected chi connectivity index (χ2v) is 6.31. The van der Waals surface area contributed by atoms with Gasteiger partial charge in [0.2, 0.25) is 0 Å². The Morgan fingerprint density at radius 2 is 1.86 bits per heavy atom. The molecule has 1 heterocycles. The normalized spacial score (nSPS) is 16.5. The Balaban J connectivity index is 1.61. The summed E-state index contributed by atoms with van der Waals surface area (Å²) in [6.07, 6.45) is -0.446. The molecule has 0 aliphatic carbocycles. The minimum Gasteiger partial charge on any atom is -0.478 e. The van der Waals surface area contributed by atoms with Gasteiger partial charge in [-0.2, -0.15) is 0 Å². The Bertz CT molecular complexity index is 884. The van der Waals surface area contributed by atoms with Gasteiger partial charge in [0.25, 0.3) is 0 Å². The van der Waals surface area contributed by atoms with Crippen LogP contribution in [0.4, 0.5) is 4.39 Å². The van der Waals surface area contributed by atoms with Gasteiger partial charge in [-0.05, 0) is 29.3 Å². The van der Waals surface area contributed by atoms with Crippen LogP contribution in [0.5, 0.6) is 0 Å². The second-order valence-electron chi connectivity index (χ2n) is 6.31. The maximum atomic E-state index is 13.1. The number of carboxylic acids is 1. The molecule has 0 spiro atoms. The summed E-state index contributed by atoms with van der Waals surface area (Å²) in [5.74, 6) is -3.01. The maximum absolute atomic E-state index is 13.1. The van der Waals surface area contributed by atoms with Crippen LogP contribution in [0, 0.1) is 5.82 Å². The minimum absolute atomic E-state index is 0.0676. The number of hydrogen-bond donors (Lipinski definition) is 2. The molecule has 0 aromatic heterocycles. The van der Waals surface area contributed by atoms with Crippen LogP contribution in [-0.2, 0) is 20.9 Å². The molecule has 1 aliphatic heterocycles. The van der Waals surface area contributed by atoms with Gasteiger partial charge in [-0.3, -0.25) is 9.59 Å². The lowest BCUT2D eigenvalue weighted by Crippen LogP contribution is -2.48. The average molecular weight is 386 g/mol. The van der Waals surface area contributed by atoms with Gasteiger partial charge in [0.15, 0.2) is 0 Å². The number of halogens is 1. The first kappa shape index (κ1) is 19.5. The molecule has 1 atom stereocenters. The van der Waals surface area contributed by atoms with E-state index < -0.39 is 23.9 Å². The van der Waals surface area contributed by atoms with E-state index in [1.54, 1.807) is 30.3 Å². The van der Waals surface area contributed by atoms with E-state index in [-0.39, 0.29) is 37.6 Å². The third-order valence-corrected chi connectivity index (χ3v) is 4.48. The van der Waals surface area contributed by atoms with Crippen molar-refractivity contribution in [3.8, 4) is 0 Å². The lowest BCUT2D eigenvalue weighted by molar-refractivity contribution is -0.150. The van der Waals surface area contributed by atoms with Crippen molar-refractivity contribution in [2.75, 3.05) is 19.7 Å². The Labute approximate surface area is 160 Å². The van der Waals surface area contributed by atoms with Crippen LogP contribution >= 0.6 is 0 Å². The number of hydrogen-bond acceptors (Lipinski definition) is 4. The monoisotopic (exact) mass is 386 g/mol. The Morgan fingerprint density at radius 1 is 1.14 bits per heavy atom. The Kier molecular flexibility index (Phi) is 6.00. The van der Waals surface area contributed by atoms with Crippen LogP contribution in [0.3, 0.4) is 0 Å². The van der Waals surface area contributed by atoms with Crippen LogP contribution in [0.25, 0.3) is 0 Å². The highest BCUT2D eigenvalue weighted by Gasteiger charge is 2.29. The second kappa shape index (κ2) is 8.62. The molecule has 28 heavy (non-hydrogen) atoms. The van der Waals surface area contributed by atoms with Gasteiger partial charge in [0.1, 0.15) is 11.9 Å². The van der Waals surface area contributed by atoms with E-state index in [0.29, 0.717) is 5.56 Å². The van der Waals surface area contributed by atoms with Crippen LogP contribution in [0.2, 0.25) is 0 Å². The van der Waals surface area contributed by atoms with Crippen LogP contribution in [0.15, 0.2) is 48.5 Å². The summed E-state index contributed by atoms with van der Waals surface area (Å²) in [4.78, 5) is 37.3. The van der Waals surface area contributed by atoms with E-state index in [1.165, 1.54) is 23.1 Å². The first-order valence-electron chi connectivity index (χ1n) is 8.71. The zero-order valence-electron chi connectivity index (χ0n) is 14.9. The third kappa shape index (κ3) is 4.52. The highest BCUT2D eigenvalue weighted by Crippen LogP contribution is 2.22. The fraction of sp³-hybridized carbons (Fsp3) is 0.250. The van der Waals surface area contributed by atoms with Gasteiger partial charge < -0.3 is 20.1 Å². The SMILES string of the molecule is O=C(NCc1ccccc1C(=O)O)C(=O)N1CCOC(c2ccc(F)cc2)C1. The number of benzene rings is 2. The first-order valence-corrected chi connectivity index (χ1v) is 8.71. The average Bonchev–Trinajstić information content (AvgIpc) is 2.72. The molecule has 7 nitrogen and oxygen atoms in total. The summed E-state index contributed by atoms with van der Waals surface area (Å²) >= 11 is 0. The van der Waals surface area contributed by atoms with E-state index in [2.05, 4.69) is 5.32 Å². The van der Waals surface area contributed by atoms with E-state index in [0.717, 1.165) is 5.56 Å². The molecule has 146 valence electrons. The topological polar surface area (TPSA) is 95.9 Å². The van der Waals surface area contributed by atoms with Crippen molar-refractivity contribution in [1.82, 2.24) is 10.2 Å². The molecule has 8 heteroatoms. The zero-order chi connectivity index (χ0) is 20.1. The lowest BCUT2D eigenvalue weighted by atomic mass is 10.1. The number of ether oxygens (including phenoxy) is 1. The van der Waals surface area contributed by atoms with Crippen LogP contribution in [0.1, 0.15) is 27.6 Å². The molecule has 1 unspecified atom stereocenters. The summed E-state index contributed by atoms with van der Waals surface area (Å²) in [6, 6.07) is 12.0. The molecule has 2 amide bonds. The quantitative estimate of drug-likeness (QED) is 0.781. The number of carbonyl (C=O) groups is 3. The molecule has 2 aromatic carbocycles. The minimum atomic E-state index is -1.11. The van der Waals surface area contributed by atoms with Crippen molar-refractivity contribution in [3.05, 3.63) is 71.0 Å². The summed E-state index contributed by atoms with van der Waals surface area (Å²) < 4.78 is 18.7. The number of aromatic carboxylic acids is 1. The number of nitrogens with one attached hydrogen (secondary N) is 1. The zero-order valence-corrected chi connectivity index (χ0v) is 14.9. The molecule has 3 rings (SSSR count). The molecular formula is C20H19FN2O5. The number of carbonyl (C=O) groups excluding carboxylic acids is 2. The predicted molar refractivity (Wildman–Crippen MR) is 96.9 cm³/mol. The van der Waals surface area contributed by atoms with E-state index in [4.69, 9.17) is 4.74 Å². The van der Waals surface area contributed by atoms with Crippen molar-refractivity contribution in [2.45, 2.75) is 12.6 Å². The molecule has 0 bridgehead atoms. The number of morpholine rings is 1. The van der Waals surface area contributed by atoms with Gasteiger partial charge in [-0.1, -0.05) is 30.3 Å². The van der Waals surface area contributed by atoms with Gasteiger partial charge in [-0.25, -0.2) is 9.18 Å². The number of amides is 2. The van der Waals surface area contributed by atoms with Gasteiger partial charge in [0, 0.05) is 13.1 Å². The summed E-state index contributed by atoms with van der Waals surface area (Å²) in [5, 5.41) is 11.6. The number of rotatable bonds is 4. The highest BCUT2D eigenvalue weighted by atomic mass is 19.1. The molecule has 0 radical (unpaired) electrons. The smallest absolute Gasteiger partial charge is 0.336 e. The van der Waals surface area contributed by atoms with Gasteiger partial charge >= 0.3 is 17.8 Å². The van der Waals surface area contributed by atoms with Crippen molar-refractivity contribution in [2.24, 2.45) is 0 Å². The van der Waals surface area contributed by atoms with Gasteiger partial charge in [0.05, 0.1) is 18.7 Å². The van der Waals surface area contributed by atoms with E-state index in [9.17, 15) is 23.9 Å². The molecule has 1 aliphatic rings. The fourth-order valence-electron chi connectivity index (χ4n) is 2.99. The van der Waals surface area contributed by atoms with Crippen molar-refractivity contribution < 1.29 is 28.6 Å². The van der Waals surface area contributed by atoms with Crippen molar-refractivity contribution in [1.29, 1.82) is 0 Å². The molecule has 2 N–H and O–H groups in total. The highest BCUT2D eigenvalue weighted by molar-refractivity contribution is 6.35. The van der Waals surface area contributed by atoms with Crippen LogP contribution < -0.4 is 5.32 Å². The molecule has 0 saturated carbocycles. The Morgan fingerprint density at radius 3 is 2.57 bits per heavy atom. The summed E-state index contributed by atoms with van der Waals surface area (Å²) in [7, 11) is 0. The largest absolute Gasteiger partial charge is 0.478 e. The van der Waals surface area contributed by atoms with E-state index in [1.807, 2.05) is 0 Å². The molecule has 1 saturated heterocycles. The summed E-state index contributed by atoms with van der Waals surface area (Å²) in [6.45, 7) is 0.612. The molecular weight excluding hydrogens is 367 g/mol. The van der Waals surface area contributed by atoms with Gasteiger partial charge in [-0.15, -0.1) is 0 Å². The predicted octanol–water partition coefficient (Wildman–Crippen LogP) is 1.74. The fourth-order valence-corrected chi connectivity index (χ4v) is 2.99. The molecule has 1 fully saturated rings. The first-order chi connectivity index (χ1) is 13.5. The number of carboxylic acid groups (broad SMARTS) is 1. The lowest BCUT2D eigenvalue weighted by Gasteiger charge is -2.32. The van der Waals surface area contributed by atoms with Crippen LogP contribution in [-0.4, -0.2) is 47.5 Å². The third-order valence-electron chi connectivity index (χ3n) is 4.48. The van der Waals surface area contributed by atoms with E-state index >= 15 is 0 Å². The van der Waals surface area contributed by atoms with Crippen molar-refractivity contribution >= 4 is 17.8 Å². The number of nitrogens with zero attached hydrogens (tertiary/aromatic N) is 1. The Hall–Kier alpha value is -3.26. The maximum Gasteiger partial charge on any atom is 0.336 e. The molecule has 2 aromatic rings. The van der Waals surface area contributed by atoms with Crippen molar-refractivity contribution in [3.63, 3.8) is 0 Å². The standard InChI is InChI=1S/C20H19FN2O5/c21-15-7-5-13(6-8-15)17-12-23(9-10-28-17)19(25)18(24)22-11-14-3-1-2-4-16(14)20(26)27/h1-8,17H,9-12H2,(H,22,24)(H,26,27). The summed E-state index contributed by atoms with van der Waals surface area (Å²) in [5.41, 5.74) is 1.19.